The van der Waals surface area contributed by atoms with Gasteiger partial charge >= 0.3 is 0 Å². The molecule has 0 aliphatic heterocycles. The molecule has 134 valence electrons. The van der Waals surface area contributed by atoms with Crippen LogP contribution in [-0.4, -0.2) is 51.7 Å². The Balaban J connectivity index is 0.00000288. The number of guanidine groups is 1. The summed E-state index contributed by atoms with van der Waals surface area (Å²) in [6.07, 6.45) is 5.98. The largest absolute Gasteiger partial charge is 0.356 e. The van der Waals surface area contributed by atoms with Gasteiger partial charge in [0, 0.05) is 37.5 Å². The fourth-order valence-electron chi connectivity index (χ4n) is 2.10. The van der Waals surface area contributed by atoms with Crippen LogP contribution in [-0.2, 0) is 6.42 Å². The Hall–Kier alpha value is -1.03. The van der Waals surface area contributed by atoms with E-state index in [1.165, 1.54) is 0 Å². The number of aromatic nitrogens is 3. The lowest BCUT2D eigenvalue weighted by molar-refractivity contribution is 0.656. The van der Waals surface area contributed by atoms with E-state index in [1.54, 1.807) is 7.05 Å². The van der Waals surface area contributed by atoms with E-state index in [0.717, 1.165) is 43.4 Å². The third kappa shape index (κ3) is 6.12. The second kappa shape index (κ2) is 10.1. The van der Waals surface area contributed by atoms with Gasteiger partial charge in [-0.1, -0.05) is 6.07 Å². The highest BCUT2D eigenvalue weighted by atomic mass is 127. The minimum Gasteiger partial charge on any atom is -0.356 e. The maximum absolute atomic E-state index is 4.26. The van der Waals surface area contributed by atoms with Gasteiger partial charge in [0.05, 0.1) is 0 Å². The van der Waals surface area contributed by atoms with Gasteiger partial charge in [-0.25, -0.2) is 0 Å². The molecule has 0 aliphatic rings. The Morgan fingerprint density at radius 1 is 1.29 bits per heavy atom. The number of hydrogen-bond donors (Lipinski definition) is 2. The van der Waals surface area contributed by atoms with Crippen molar-refractivity contribution in [2.75, 3.05) is 26.4 Å². The summed E-state index contributed by atoms with van der Waals surface area (Å²) < 4.78 is 2.23. The minimum atomic E-state index is 0. The molecule has 0 aliphatic carbocycles. The van der Waals surface area contributed by atoms with E-state index in [-0.39, 0.29) is 28.7 Å². The molecule has 6 nitrogen and oxygen atoms in total. The van der Waals surface area contributed by atoms with Crippen LogP contribution in [0.25, 0.3) is 5.65 Å². The summed E-state index contributed by atoms with van der Waals surface area (Å²) in [7, 11) is 1.80. The second-order valence-electron chi connectivity index (χ2n) is 5.96. The first-order valence-electron chi connectivity index (χ1n) is 7.84. The zero-order valence-electron chi connectivity index (χ0n) is 14.7. The SMILES string of the molecule is CN=C(NCCCc1nnc2ccccn12)NCC(C)(C)SC.I. The second-order valence-corrected chi connectivity index (χ2v) is 7.48. The summed E-state index contributed by atoms with van der Waals surface area (Å²) in [4.78, 5) is 4.26. The van der Waals surface area contributed by atoms with Crippen LogP contribution in [0.15, 0.2) is 29.4 Å². The topological polar surface area (TPSA) is 66.6 Å². The highest BCUT2D eigenvalue weighted by Gasteiger charge is 2.15. The fourth-order valence-corrected chi connectivity index (χ4v) is 2.32. The summed E-state index contributed by atoms with van der Waals surface area (Å²) in [6.45, 7) is 6.16. The monoisotopic (exact) mass is 462 g/mol. The number of thioether (sulfide) groups is 1. The Kier molecular flexibility index (Phi) is 8.82. The molecule has 0 fully saturated rings. The van der Waals surface area contributed by atoms with Gasteiger partial charge in [-0.15, -0.1) is 34.2 Å². The Morgan fingerprint density at radius 3 is 2.79 bits per heavy atom. The van der Waals surface area contributed by atoms with Gasteiger partial charge in [-0.2, -0.15) is 11.8 Å². The van der Waals surface area contributed by atoms with Crippen molar-refractivity contribution in [3.05, 3.63) is 30.2 Å². The van der Waals surface area contributed by atoms with Crippen molar-refractivity contribution in [2.45, 2.75) is 31.4 Å². The number of fused-ring (bicyclic) bond motifs is 1. The van der Waals surface area contributed by atoms with E-state index in [1.807, 2.05) is 40.6 Å². The third-order valence-electron chi connectivity index (χ3n) is 3.71. The van der Waals surface area contributed by atoms with Crippen LogP contribution < -0.4 is 10.6 Å². The van der Waals surface area contributed by atoms with Gasteiger partial charge in [0.1, 0.15) is 5.82 Å². The van der Waals surface area contributed by atoms with Crippen LogP contribution in [0.3, 0.4) is 0 Å². The highest BCUT2D eigenvalue weighted by Crippen LogP contribution is 2.19. The van der Waals surface area contributed by atoms with Crippen LogP contribution in [0, 0.1) is 0 Å². The van der Waals surface area contributed by atoms with Crippen LogP contribution >= 0.6 is 35.7 Å². The molecule has 2 N–H and O–H groups in total. The van der Waals surface area contributed by atoms with Crippen LogP contribution in [0.4, 0.5) is 0 Å². The Morgan fingerprint density at radius 2 is 2.08 bits per heavy atom. The van der Waals surface area contributed by atoms with Gasteiger partial charge in [0.25, 0.3) is 0 Å². The van der Waals surface area contributed by atoms with E-state index in [4.69, 9.17) is 0 Å². The van der Waals surface area contributed by atoms with Crippen molar-refractivity contribution >= 4 is 47.3 Å². The van der Waals surface area contributed by atoms with Gasteiger partial charge < -0.3 is 10.6 Å². The molecule has 0 amide bonds. The first-order valence-corrected chi connectivity index (χ1v) is 9.06. The maximum Gasteiger partial charge on any atom is 0.191 e. The summed E-state index contributed by atoms with van der Waals surface area (Å²) in [5.41, 5.74) is 0.896. The molecule has 0 saturated heterocycles. The van der Waals surface area contributed by atoms with E-state index in [0.29, 0.717) is 0 Å². The number of pyridine rings is 1. The van der Waals surface area contributed by atoms with Gasteiger partial charge in [-0.05, 0) is 38.7 Å². The molecule has 0 bridgehead atoms. The summed E-state index contributed by atoms with van der Waals surface area (Å²) in [5, 5.41) is 15.1. The first kappa shape index (κ1) is 21.0. The lowest BCUT2D eigenvalue weighted by Gasteiger charge is -2.23. The Bertz CT molecular complexity index is 655. The number of aryl methyl sites for hydroxylation is 1. The number of nitrogens with one attached hydrogen (secondary N) is 2. The molecule has 2 aromatic rings. The number of hydrogen-bond acceptors (Lipinski definition) is 4. The summed E-state index contributed by atoms with van der Waals surface area (Å²) in [6, 6.07) is 5.94. The van der Waals surface area contributed by atoms with Crippen molar-refractivity contribution in [3.8, 4) is 0 Å². The Labute approximate surface area is 165 Å². The number of aliphatic imine (C=N–C) groups is 1. The molecule has 0 aromatic carbocycles. The molecule has 0 atom stereocenters. The van der Waals surface area contributed by atoms with Crippen molar-refractivity contribution < 1.29 is 0 Å². The molecule has 0 unspecified atom stereocenters. The fraction of sp³-hybridized carbons (Fsp3) is 0.562. The minimum absolute atomic E-state index is 0. The van der Waals surface area contributed by atoms with Gasteiger partial charge in [0.2, 0.25) is 0 Å². The maximum atomic E-state index is 4.26. The molecular formula is C16H27IN6S. The number of nitrogens with zero attached hydrogens (tertiary/aromatic N) is 4. The summed E-state index contributed by atoms with van der Waals surface area (Å²) in [5.74, 6) is 1.84. The molecule has 0 radical (unpaired) electrons. The molecule has 24 heavy (non-hydrogen) atoms. The predicted molar refractivity (Wildman–Crippen MR) is 114 cm³/mol. The zero-order chi connectivity index (χ0) is 16.7. The average Bonchev–Trinajstić information content (AvgIpc) is 2.97. The molecule has 2 rings (SSSR count). The number of halogens is 1. The van der Waals surface area contributed by atoms with Crippen LogP contribution in [0.1, 0.15) is 26.1 Å². The average molecular weight is 462 g/mol. The molecule has 2 aromatic heterocycles. The van der Waals surface area contributed by atoms with Crippen LogP contribution in [0.5, 0.6) is 0 Å². The lowest BCUT2D eigenvalue weighted by atomic mass is 10.2. The zero-order valence-corrected chi connectivity index (χ0v) is 17.9. The van der Waals surface area contributed by atoms with Crippen molar-refractivity contribution in [1.82, 2.24) is 25.2 Å². The van der Waals surface area contributed by atoms with E-state index < -0.39 is 0 Å². The molecule has 0 saturated carbocycles. The van der Waals surface area contributed by atoms with Gasteiger partial charge in [-0.3, -0.25) is 9.39 Å². The van der Waals surface area contributed by atoms with Crippen molar-refractivity contribution in [1.29, 1.82) is 0 Å². The lowest BCUT2D eigenvalue weighted by Crippen LogP contribution is -2.43. The smallest absolute Gasteiger partial charge is 0.191 e. The third-order valence-corrected chi connectivity index (χ3v) is 4.96. The van der Waals surface area contributed by atoms with Crippen molar-refractivity contribution in [3.63, 3.8) is 0 Å². The molecular weight excluding hydrogens is 435 g/mol. The van der Waals surface area contributed by atoms with Gasteiger partial charge in [0.15, 0.2) is 11.6 Å². The molecule has 2 heterocycles. The highest BCUT2D eigenvalue weighted by molar-refractivity contribution is 14.0. The first-order chi connectivity index (χ1) is 11.1. The normalized spacial score (nSPS) is 12.1. The standard InChI is InChI=1S/C16H26N6S.HI/c1-16(2,23-4)12-19-15(17-3)18-10-7-9-14-21-20-13-8-5-6-11-22(13)14;/h5-6,8,11H,7,9-10,12H2,1-4H3,(H2,17,18,19);1H. The van der Waals surface area contributed by atoms with Crippen LogP contribution in [0.2, 0.25) is 0 Å². The molecule has 8 heteroatoms. The molecule has 0 spiro atoms. The van der Waals surface area contributed by atoms with Crippen molar-refractivity contribution in [2.24, 2.45) is 4.99 Å². The summed E-state index contributed by atoms with van der Waals surface area (Å²) >= 11 is 1.84. The van der Waals surface area contributed by atoms with E-state index >= 15 is 0 Å². The van der Waals surface area contributed by atoms with E-state index in [9.17, 15) is 0 Å². The number of rotatable bonds is 7. The quantitative estimate of drug-likeness (QED) is 0.287. The van der Waals surface area contributed by atoms with E-state index in [2.05, 4.69) is 45.9 Å². The predicted octanol–water partition coefficient (Wildman–Crippen LogP) is 2.59.